The van der Waals surface area contributed by atoms with Gasteiger partial charge in [-0.05, 0) is 17.7 Å². The highest BCUT2D eigenvalue weighted by Gasteiger charge is 2.47. The largest absolute Gasteiger partial charge is 0.497 e. The van der Waals surface area contributed by atoms with Gasteiger partial charge in [0.1, 0.15) is 17.1 Å². The Balaban J connectivity index is 2.01. The first-order chi connectivity index (χ1) is 11.8. The quantitative estimate of drug-likeness (QED) is 0.856. The summed E-state index contributed by atoms with van der Waals surface area (Å²) in [4.78, 5) is 11.8. The van der Waals surface area contributed by atoms with Crippen LogP contribution in [0, 0.1) is 0 Å². The van der Waals surface area contributed by atoms with Crippen molar-refractivity contribution >= 4 is 11.8 Å². The zero-order valence-electron chi connectivity index (χ0n) is 13.5. The molecule has 1 N–H and O–H groups in total. The number of aromatic nitrogens is 2. The molecule has 1 aromatic carbocycles. The van der Waals surface area contributed by atoms with E-state index in [1.807, 2.05) is 0 Å². The zero-order valence-corrected chi connectivity index (χ0v) is 13.5. The predicted octanol–water partition coefficient (Wildman–Crippen LogP) is 3.34. The Morgan fingerprint density at radius 2 is 1.96 bits per heavy atom. The molecule has 0 amide bonds. The van der Waals surface area contributed by atoms with Crippen molar-refractivity contribution in [3.63, 3.8) is 0 Å². The fraction of sp³-hybridized carbons (Fsp3) is 0.375. The molecule has 1 aliphatic heterocycles. The molecule has 0 fully saturated rings. The number of alkyl halides is 3. The lowest BCUT2D eigenvalue weighted by Crippen LogP contribution is -2.36. The molecule has 134 valence electrons. The third-order valence-corrected chi connectivity index (χ3v) is 4.16. The molecule has 0 saturated heterocycles. The van der Waals surface area contributed by atoms with Gasteiger partial charge in [-0.3, -0.25) is 0 Å². The molecule has 9 heteroatoms. The number of benzene rings is 1. The number of hydrogen-bond donors (Lipinski definition) is 1. The average Bonchev–Trinajstić information content (AvgIpc) is 3.03. The normalized spacial score (nSPS) is 19.7. The van der Waals surface area contributed by atoms with Gasteiger partial charge >= 0.3 is 12.1 Å². The number of hydrogen-bond acceptors (Lipinski definition) is 5. The van der Waals surface area contributed by atoms with E-state index >= 15 is 0 Å². The summed E-state index contributed by atoms with van der Waals surface area (Å²) in [5.74, 6) is -0.140. The summed E-state index contributed by atoms with van der Waals surface area (Å²) in [7, 11) is 2.67. The Kier molecular flexibility index (Phi) is 4.32. The Labute approximate surface area is 141 Å². The molecule has 2 aromatic rings. The second-order valence-corrected chi connectivity index (χ2v) is 5.61. The second-order valence-electron chi connectivity index (χ2n) is 5.61. The van der Waals surface area contributed by atoms with Crippen LogP contribution in [0.25, 0.3) is 0 Å². The van der Waals surface area contributed by atoms with Crippen LogP contribution in [0.4, 0.5) is 19.0 Å². The number of ether oxygens (including phenoxy) is 2. The van der Waals surface area contributed by atoms with E-state index in [0.717, 1.165) is 18.0 Å². The van der Waals surface area contributed by atoms with Gasteiger partial charge in [0, 0.05) is 6.42 Å². The molecule has 2 unspecified atom stereocenters. The molecule has 3 rings (SSSR count). The third-order valence-electron chi connectivity index (χ3n) is 4.16. The lowest BCUT2D eigenvalue weighted by atomic mass is 9.96. The number of rotatable bonds is 3. The molecule has 0 bridgehead atoms. The highest BCUT2D eigenvalue weighted by atomic mass is 19.4. The predicted molar refractivity (Wildman–Crippen MR) is 82.6 cm³/mol. The minimum atomic E-state index is -4.50. The minimum Gasteiger partial charge on any atom is -0.497 e. The van der Waals surface area contributed by atoms with Gasteiger partial charge in [-0.2, -0.15) is 18.3 Å². The van der Waals surface area contributed by atoms with Crippen molar-refractivity contribution in [1.82, 2.24) is 9.78 Å². The maximum absolute atomic E-state index is 13.5. The maximum atomic E-state index is 13.5. The molecule has 0 spiro atoms. The van der Waals surface area contributed by atoms with Crippen molar-refractivity contribution in [2.45, 2.75) is 24.7 Å². The van der Waals surface area contributed by atoms with Crippen LogP contribution in [-0.2, 0) is 4.74 Å². The van der Waals surface area contributed by atoms with Gasteiger partial charge in [-0.1, -0.05) is 12.1 Å². The summed E-state index contributed by atoms with van der Waals surface area (Å²) in [5, 5.41) is 6.72. The standard InChI is InChI=1S/C16H16F3N3O3/c1-24-10-5-3-9(4-6-10)12-7-13(16(17,18)19)22-14(21-12)11(8-20-22)15(23)25-2/h3-6,8,12-13,21H,7H2,1-2H3. The first kappa shape index (κ1) is 17.1. The highest BCUT2D eigenvalue weighted by Crippen LogP contribution is 2.44. The number of anilines is 1. The fourth-order valence-corrected chi connectivity index (χ4v) is 2.88. The number of esters is 1. The maximum Gasteiger partial charge on any atom is 0.410 e. The summed E-state index contributed by atoms with van der Waals surface area (Å²) in [6, 6.07) is 4.25. The number of carbonyl (C=O) groups excluding carboxylic acids is 1. The van der Waals surface area contributed by atoms with Crippen molar-refractivity contribution in [3.05, 3.63) is 41.6 Å². The summed E-state index contributed by atoms with van der Waals surface area (Å²) < 4.78 is 51.0. The van der Waals surface area contributed by atoms with Crippen molar-refractivity contribution in [2.75, 3.05) is 19.5 Å². The number of nitrogens with zero attached hydrogens (tertiary/aromatic N) is 2. The van der Waals surface area contributed by atoms with E-state index < -0.39 is 24.2 Å². The monoisotopic (exact) mass is 355 g/mol. The van der Waals surface area contributed by atoms with Crippen LogP contribution in [0.1, 0.15) is 34.4 Å². The first-order valence-corrected chi connectivity index (χ1v) is 7.48. The second kappa shape index (κ2) is 6.30. The van der Waals surface area contributed by atoms with Crippen LogP contribution >= 0.6 is 0 Å². The Bertz CT molecular complexity index is 771. The fourth-order valence-electron chi connectivity index (χ4n) is 2.88. The molecule has 25 heavy (non-hydrogen) atoms. The topological polar surface area (TPSA) is 65.4 Å². The minimum absolute atomic E-state index is 0.00115. The van der Waals surface area contributed by atoms with E-state index in [-0.39, 0.29) is 17.8 Å². The van der Waals surface area contributed by atoms with Crippen molar-refractivity contribution in [3.8, 4) is 5.75 Å². The zero-order chi connectivity index (χ0) is 18.2. The van der Waals surface area contributed by atoms with Crippen LogP contribution < -0.4 is 10.1 Å². The van der Waals surface area contributed by atoms with E-state index in [4.69, 9.17) is 4.74 Å². The van der Waals surface area contributed by atoms with Gasteiger partial charge in [0.2, 0.25) is 0 Å². The number of methoxy groups -OCH3 is 2. The van der Waals surface area contributed by atoms with Crippen molar-refractivity contribution < 1.29 is 27.4 Å². The molecule has 2 atom stereocenters. The Morgan fingerprint density at radius 3 is 2.52 bits per heavy atom. The first-order valence-electron chi connectivity index (χ1n) is 7.48. The summed E-state index contributed by atoms with van der Waals surface area (Å²) >= 11 is 0. The number of nitrogens with one attached hydrogen (secondary N) is 1. The molecule has 6 nitrogen and oxygen atoms in total. The molecular formula is C16H16F3N3O3. The molecule has 0 aliphatic carbocycles. The Morgan fingerprint density at radius 1 is 1.28 bits per heavy atom. The molecule has 2 heterocycles. The number of halogens is 3. The van der Waals surface area contributed by atoms with E-state index in [2.05, 4.69) is 15.2 Å². The average molecular weight is 355 g/mol. The molecule has 1 aromatic heterocycles. The smallest absolute Gasteiger partial charge is 0.410 e. The van der Waals surface area contributed by atoms with Crippen molar-refractivity contribution in [1.29, 1.82) is 0 Å². The van der Waals surface area contributed by atoms with Crippen LogP contribution in [0.3, 0.4) is 0 Å². The molecular weight excluding hydrogens is 339 g/mol. The molecule has 1 aliphatic rings. The van der Waals surface area contributed by atoms with Gasteiger partial charge in [0.25, 0.3) is 0 Å². The highest BCUT2D eigenvalue weighted by molar-refractivity contribution is 5.94. The van der Waals surface area contributed by atoms with Crippen LogP contribution in [-0.4, -0.2) is 36.1 Å². The lowest BCUT2D eigenvalue weighted by molar-refractivity contribution is -0.173. The van der Waals surface area contributed by atoms with Crippen LogP contribution in [0.2, 0.25) is 0 Å². The lowest BCUT2D eigenvalue weighted by Gasteiger charge is -2.34. The Hall–Kier alpha value is -2.71. The summed E-state index contributed by atoms with van der Waals surface area (Å²) in [6.07, 6.45) is -3.66. The number of fused-ring (bicyclic) bond motifs is 1. The van der Waals surface area contributed by atoms with Crippen LogP contribution in [0.15, 0.2) is 30.5 Å². The SMILES string of the molecule is COC(=O)c1cnn2c1NC(c1ccc(OC)cc1)CC2C(F)(F)F. The van der Waals surface area contributed by atoms with Gasteiger partial charge in [-0.25, -0.2) is 9.48 Å². The summed E-state index contributed by atoms with van der Waals surface area (Å²) in [5.41, 5.74) is 0.619. The van der Waals surface area contributed by atoms with Gasteiger partial charge in [0.05, 0.1) is 26.5 Å². The van der Waals surface area contributed by atoms with E-state index in [1.54, 1.807) is 24.3 Å². The molecule has 0 radical (unpaired) electrons. The van der Waals surface area contributed by atoms with E-state index in [9.17, 15) is 18.0 Å². The van der Waals surface area contributed by atoms with Crippen LogP contribution in [0.5, 0.6) is 5.75 Å². The third kappa shape index (κ3) is 3.13. The summed E-state index contributed by atoms with van der Waals surface area (Å²) in [6.45, 7) is 0. The van der Waals surface area contributed by atoms with Gasteiger partial charge < -0.3 is 14.8 Å². The van der Waals surface area contributed by atoms with Crippen molar-refractivity contribution in [2.24, 2.45) is 0 Å². The van der Waals surface area contributed by atoms with Gasteiger partial charge in [0.15, 0.2) is 6.04 Å². The van der Waals surface area contributed by atoms with Gasteiger partial charge in [-0.15, -0.1) is 0 Å². The van der Waals surface area contributed by atoms with E-state index in [0.29, 0.717) is 11.3 Å². The number of carbonyl (C=O) groups is 1. The molecule has 0 saturated carbocycles. The van der Waals surface area contributed by atoms with E-state index in [1.165, 1.54) is 7.11 Å².